The highest BCUT2D eigenvalue weighted by molar-refractivity contribution is 5.79. The standard InChI is InChI=1S/C17H33N3O/c1-2-3-4-5-6-7-8-9-11-15-14-17(12-10-13-21-17)20-16(18)19-15/h15H,2-14H2,1H3,(H3,18,19,20)/t15-,17-/m1/s1. The number of nitrogens with two attached hydrogens (primary N) is 1. The van der Waals surface area contributed by atoms with Gasteiger partial charge in [-0.05, 0) is 19.3 Å². The number of rotatable bonds is 9. The van der Waals surface area contributed by atoms with Crippen LogP contribution in [0.4, 0.5) is 0 Å². The van der Waals surface area contributed by atoms with E-state index in [1.54, 1.807) is 0 Å². The number of nitrogens with one attached hydrogen (secondary N) is 1. The molecule has 0 unspecified atom stereocenters. The van der Waals surface area contributed by atoms with E-state index < -0.39 is 0 Å². The van der Waals surface area contributed by atoms with Gasteiger partial charge in [-0.2, -0.15) is 0 Å². The summed E-state index contributed by atoms with van der Waals surface area (Å²) in [7, 11) is 0. The SMILES string of the molecule is CCCCCCCCCC[C@@H]1C[C@]2(CCCO2)NC(N)=N1. The Balaban J connectivity index is 1.59. The molecule has 2 aliphatic heterocycles. The van der Waals surface area contributed by atoms with E-state index in [-0.39, 0.29) is 5.72 Å². The average Bonchev–Trinajstić information content (AvgIpc) is 2.88. The lowest BCUT2D eigenvalue weighted by Crippen LogP contribution is -2.56. The van der Waals surface area contributed by atoms with Gasteiger partial charge < -0.3 is 15.8 Å². The second kappa shape index (κ2) is 8.62. The van der Waals surface area contributed by atoms with Gasteiger partial charge in [0.05, 0.1) is 6.04 Å². The van der Waals surface area contributed by atoms with E-state index in [1.165, 1.54) is 51.4 Å². The van der Waals surface area contributed by atoms with Crippen molar-refractivity contribution in [3.63, 3.8) is 0 Å². The third-order valence-corrected chi connectivity index (χ3v) is 4.74. The van der Waals surface area contributed by atoms with Crippen LogP contribution in [0.5, 0.6) is 0 Å². The van der Waals surface area contributed by atoms with Gasteiger partial charge in [-0.25, -0.2) is 4.99 Å². The van der Waals surface area contributed by atoms with Crippen molar-refractivity contribution < 1.29 is 4.74 Å². The van der Waals surface area contributed by atoms with Gasteiger partial charge in [-0.3, -0.25) is 0 Å². The molecule has 1 fully saturated rings. The summed E-state index contributed by atoms with van der Waals surface area (Å²) in [6.07, 6.45) is 15.2. The van der Waals surface area contributed by atoms with E-state index in [0.29, 0.717) is 12.0 Å². The Bertz CT molecular complexity index is 324. The second-order valence-electron chi connectivity index (χ2n) is 6.71. The molecule has 2 aliphatic rings. The minimum Gasteiger partial charge on any atom is -0.370 e. The maximum Gasteiger partial charge on any atom is 0.191 e. The summed E-state index contributed by atoms with van der Waals surface area (Å²) in [5, 5.41) is 3.26. The van der Waals surface area contributed by atoms with Crippen LogP contribution in [0.15, 0.2) is 4.99 Å². The normalized spacial score (nSPS) is 28.6. The first-order chi connectivity index (χ1) is 10.2. The minimum atomic E-state index is -0.198. The van der Waals surface area contributed by atoms with Crippen molar-refractivity contribution in [1.29, 1.82) is 0 Å². The molecule has 0 bridgehead atoms. The molecule has 2 heterocycles. The first-order valence-electron chi connectivity index (χ1n) is 8.99. The summed E-state index contributed by atoms with van der Waals surface area (Å²) in [6, 6.07) is 0.351. The van der Waals surface area contributed by atoms with E-state index >= 15 is 0 Å². The fourth-order valence-electron chi connectivity index (χ4n) is 3.58. The molecule has 0 saturated carbocycles. The highest BCUT2D eigenvalue weighted by Crippen LogP contribution is 2.32. The monoisotopic (exact) mass is 295 g/mol. The molecule has 0 aliphatic carbocycles. The average molecular weight is 295 g/mol. The largest absolute Gasteiger partial charge is 0.370 e. The van der Waals surface area contributed by atoms with Crippen LogP contribution < -0.4 is 11.1 Å². The van der Waals surface area contributed by atoms with Crippen molar-refractivity contribution in [2.45, 2.75) is 95.7 Å². The van der Waals surface area contributed by atoms with Gasteiger partial charge in [0, 0.05) is 13.0 Å². The van der Waals surface area contributed by atoms with Crippen LogP contribution in [0.2, 0.25) is 0 Å². The zero-order valence-electron chi connectivity index (χ0n) is 13.7. The van der Waals surface area contributed by atoms with Crippen LogP contribution in [-0.4, -0.2) is 24.3 Å². The lowest BCUT2D eigenvalue weighted by atomic mass is 9.95. The molecule has 0 amide bonds. The fourth-order valence-corrected chi connectivity index (χ4v) is 3.58. The Hall–Kier alpha value is -0.770. The summed E-state index contributed by atoms with van der Waals surface area (Å²) in [6.45, 7) is 3.12. The van der Waals surface area contributed by atoms with Crippen molar-refractivity contribution in [2.75, 3.05) is 6.61 Å². The molecular formula is C17H33N3O. The molecule has 1 saturated heterocycles. The number of hydrogen-bond acceptors (Lipinski definition) is 4. The molecule has 2 atom stereocenters. The molecular weight excluding hydrogens is 262 g/mol. The Morgan fingerprint density at radius 1 is 1.19 bits per heavy atom. The number of unbranched alkanes of at least 4 members (excludes halogenated alkanes) is 7. The van der Waals surface area contributed by atoms with Gasteiger partial charge in [0.15, 0.2) is 5.96 Å². The molecule has 21 heavy (non-hydrogen) atoms. The van der Waals surface area contributed by atoms with E-state index in [1.807, 2.05) is 0 Å². The molecule has 4 heteroatoms. The van der Waals surface area contributed by atoms with Crippen molar-refractivity contribution in [3.05, 3.63) is 0 Å². The summed E-state index contributed by atoms with van der Waals surface area (Å²) in [4.78, 5) is 4.56. The van der Waals surface area contributed by atoms with Crippen molar-refractivity contribution in [2.24, 2.45) is 10.7 Å². The predicted octanol–water partition coefficient (Wildman–Crippen LogP) is 3.70. The van der Waals surface area contributed by atoms with E-state index in [2.05, 4.69) is 17.2 Å². The summed E-state index contributed by atoms with van der Waals surface area (Å²) < 4.78 is 5.89. The van der Waals surface area contributed by atoms with Gasteiger partial charge in [0.25, 0.3) is 0 Å². The molecule has 3 N–H and O–H groups in total. The van der Waals surface area contributed by atoms with Crippen molar-refractivity contribution >= 4 is 5.96 Å². The van der Waals surface area contributed by atoms with Crippen molar-refractivity contribution in [1.82, 2.24) is 5.32 Å². The molecule has 0 aromatic heterocycles. The molecule has 0 radical (unpaired) electrons. The van der Waals surface area contributed by atoms with Gasteiger partial charge in [0.2, 0.25) is 0 Å². The Morgan fingerprint density at radius 2 is 1.90 bits per heavy atom. The Morgan fingerprint density at radius 3 is 2.57 bits per heavy atom. The maximum atomic E-state index is 5.94. The number of hydrogen-bond donors (Lipinski definition) is 2. The Kier molecular flexibility index (Phi) is 6.81. The minimum absolute atomic E-state index is 0.198. The van der Waals surface area contributed by atoms with Crippen LogP contribution in [0, 0.1) is 0 Å². The van der Waals surface area contributed by atoms with Crippen LogP contribution in [-0.2, 0) is 4.74 Å². The third-order valence-electron chi connectivity index (χ3n) is 4.74. The lowest BCUT2D eigenvalue weighted by molar-refractivity contribution is -0.0258. The maximum absolute atomic E-state index is 5.94. The number of nitrogens with zero attached hydrogens (tertiary/aromatic N) is 1. The fraction of sp³-hybridized carbons (Fsp3) is 0.941. The molecule has 2 rings (SSSR count). The van der Waals surface area contributed by atoms with Crippen LogP contribution >= 0.6 is 0 Å². The van der Waals surface area contributed by atoms with Gasteiger partial charge in [0.1, 0.15) is 5.72 Å². The zero-order valence-corrected chi connectivity index (χ0v) is 13.7. The van der Waals surface area contributed by atoms with Gasteiger partial charge in [-0.15, -0.1) is 0 Å². The highest BCUT2D eigenvalue weighted by atomic mass is 16.5. The van der Waals surface area contributed by atoms with E-state index in [9.17, 15) is 0 Å². The number of ether oxygens (including phenoxy) is 1. The van der Waals surface area contributed by atoms with E-state index in [4.69, 9.17) is 10.5 Å². The van der Waals surface area contributed by atoms with Crippen LogP contribution in [0.3, 0.4) is 0 Å². The van der Waals surface area contributed by atoms with E-state index in [0.717, 1.165) is 32.3 Å². The predicted molar refractivity (Wildman–Crippen MR) is 88.3 cm³/mol. The van der Waals surface area contributed by atoms with Gasteiger partial charge in [-0.1, -0.05) is 58.3 Å². The number of guanidine groups is 1. The third kappa shape index (κ3) is 5.50. The van der Waals surface area contributed by atoms with Crippen LogP contribution in [0.1, 0.15) is 84.0 Å². The lowest BCUT2D eigenvalue weighted by Gasteiger charge is -2.36. The van der Waals surface area contributed by atoms with Crippen LogP contribution in [0.25, 0.3) is 0 Å². The molecule has 0 aromatic rings. The Labute approximate surface area is 129 Å². The topological polar surface area (TPSA) is 59.6 Å². The number of aliphatic imine (C=N–C) groups is 1. The summed E-state index contributed by atoms with van der Waals surface area (Å²) >= 11 is 0. The van der Waals surface area contributed by atoms with Gasteiger partial charge >= 0.3 is 0 Å². The molecule has 4 nitrogen and oxygen atoms in total. The first-order valence-corrected chi connectivity index (χ1v) is 8.99. The summed E-state index contributed by atoms with van der Waals surface area (Å²) in [5.41, 5.74) is 5.74. The highest BCUT2D eigenvalue weighted by Gasteiger charge is 2.40. The molecule has 1 spiro atoms. The smallest absolute Gasteiger partial charge is 0.191 e. The first kappa shape index (κ1) is 16.6. The zero-order chi connectivity index (χ0) is 15.0. The summed E-state index contributed by atoms with van der Waals surface area (Å²) in [5.74, 6) is 0.577. The van der Waals surface area contributed by atoms with Crippen molar-refractivity contribution in [3.8, 4) is 0 Å². The molecule has 122 valence electrons. The molecule has 0 aromatic carbocycles. The second-order valence-corrected chi connectivity index (χ2v) is 6.71. The quantitative estimate of drug-likeness (QED) is 0.638.